The van der Waals surface area contributed by atoms with E-state index in [9.17, 15) is 0 Å². The lowest BCUT2D eigenvalue weighted by Crippen LogP contribution is -2.31. The summed E-state index contributed by atoms with van der Waals surface area (Å²) in [6.07, 6.45) is 8.27. The van der Waals surface area contributed by atoms with Crippen molar-refractivity contribution in [2.45, 2.75) is 71.4 Å². The Kier molecular flexibility index (Phi) is 4.44. The van der Waals surface area contributed by atoms with E-state index >= 15 is 0 Å². The van der Waals surface area contributed by atoms with Crippen molar-refractivity contribution in [2.24, 2.45) is 7.05 Å². The van der Waals surface area contributed by atoms with E-state index in [2.05, 4.69) is 31.2 Å². The fourth-order valence-electron chi connectivity index (χ4n) is 3.30. The Labute approximate surface area is 111 Å². The molecule has 1 aromatic rings. The first-order chi connectivity index (χ1) is 8.59. The fourth-order valence-corrected chi connectivity index (χ4v) is 3.30. The Bertz CT molecular complexity index is 387. The molecule has 1 atom stereocenters. The van der Waals surface area contributed by atoms with Crippen LogP contribution in [0.15, 0.2) is 0 Å². The van der Waals surface area contributed by atoms with Crippen LogP contribution in [0, 0.1) is 13.8 Å². The largest absolute Gasteiger partial charge is 0.307 e. The summed E-state index contributed by atoms with van der Waals surface area (Å²) < 4.78 is 2.00. The molecule has 18 heavy (non-hydrogen) atoms. The van der Waals surface area contributed by atoms with Crippen molar-refractivity contribution in [1.82, 2.24) is 15.1 Å². The first kappa shape index (κ1) is 13.6. The third kappa shape index (κ3) is 2.94. The quantitative estimate of drug-likeness (QED) is 0.832. The molecule has 3 heteroatoms. The lowest BCUT2D eigenvalue weighted by Gasteiger charge is -2.22. The predicted octanol–water partition coefficient (Wildman–Crippen LogP) is 3.41. The summed E-state index contributed by atoms with van der Waals surface area (Å²) in [7, 11) is 2.03. The van der Waals surface area contributed by atoms with Gasteiger partial charge in [-0.2, -0.15) is 5.10 Å². The summed E-state index contributed by atoms with van der Waals surface area (Å²) >= 11 is 0. The van der Waals surface area contributed by atoms with Crippen LogP contribution in [0.2, 0.25) is 0 Å². The van der Waals surface area contributed by atoms with Gasteiger partial charge in [0.05, 0.1) is 5.69 Å². The molecule has 0 saturated heterocycles. The number of hydrogen-bond acceptors (Lipinski definition) is 2. The monoisotopic (exact) mass is 249 g/mol. The minimum absolute atomic E-state index is 0.418. The Morgan fingerprint density at radius 1 is 1.17 bits per heavy atom. The number of nitrogens with zero attached hydrogens (tertiary/aromatic N) is 2. The molecule has 102 valence electrons. The molecular formula is C15H27N3. The average Bonchev–Trinajstić information content (AvgIpc) is 2.52. The lowest BCUT2D eigenvalue weighted by atomic mass is 10.0. The number of aryl methyl sites for hydroxylation is 2. The van der Waals surface area contributed by atoms with Crippen LogP contribution >= 0.6 is 0 Å². The van der Waals surface area contributed by atoms with Crippen LogP contribution < -0.4 is 5.32 Å². The van der Waals surface area contributed by atoms with Crippen LogP contribution in [0.25, 0.3) is 0 Å². The molecule has 1 heterocycles. The van der Waals surface area contributed by atoms with Gasteiger partial charge in [-0.15, -0.1) is 0 Å². The highest BCUT2D eigenvalue weighted by atomic mass is 15.3. The van der Waals surface area contributed by atoms with E-state index in [-0.39, 0.29) is 0 Å². The molecule has 2 rings (SSSR count). The van der Waals surface area contributed by atoms with Crippen LogP contribution in [-0.4, -0.2) is 15.8 Å². The molecule has 0 spiro atoms. The Morgan fingerprint density at radius 3 is 2.28 bits per heavy atom. The van der Waals surface area contributed by atoms with Crippen LogP contribution in [-0.2, 0) is 7.05 Å². The normalized spacial score (nSPS) is 19.8. The standard InChI is InChI=1S/C15H27N3/c1-11(15-12(2)17-18(4)13(15)3)16-14-9-7-5-6-8-10-14/h11,14,16H,5-10H2,1-4H3. The molecule has 1 unspecified atom stereocenters. The summed E-state index contributed by atoms with van der Waals surface area (Å²) in [5, 5.41) is 8.34. The minimum atomic E-state index is 0.418. The van der Waals surface area contributed by atoms with Crippen molar-refractivity contribution in [1.29, 1.82) is 0 Å². The number of hydrogen-bond donors (Lipinski definition) is 1. The van der Waals surface area contributed by atoms with Crippen molar-refractivity contribution in [3.05, 3.63) is 17.0 Å². The zero-order chi connectivity index (χ0) is 13.1. The molecule has 1 aromatic heterocycles. The smallest absolute Gasteiger partial charge is 0.0644 e. The van der Waals surface area contributed by atoms with E-state index in [4.69, 9.17) is 0 Å². The molecule has 0 bridgehead atoms. The lowest BCUT2D eigenvalue weighted by molar-refractivity contribution is 0.412. The maximum Gasteiger partial charge on any atom is 0.0644 e. The topological polar surface area (TPSA) is 29.9 Å². The second-order valence-corrected chi connectivity index (χ2v) is 5.78. The highest BCUT2D eigenvalue weighted by molar-refractivity contribution is 5.27. The Morgan fingerprint density at radius 2 is 1.78 bits per heavy atom. The number of nitrogens with one attached hydrogen (secondary N) is 1. The molecule has 1 aliphatic carbocycles. The molecule has 0 amide bonds. The summed E-state index contributed by atoms with van der Waals surface area (Å²) in [4.78, 5) is 0. The third-order valence-corrected chi connectivity index (χ3v) is 4.34. The second kappa shape index (κ2) is 5.87. The SMILES string of the molecule is Cc1nn(C)c(C)c1C(C)NC1CCCCCC1. The van der Waals surface area contributed by atoms with Gasteiger partial charge in [0, 0.05) is 30.4 Å². The number of rotatable bonds is 3. The van der Waals surface area contributed by atoms with Gasteiger partial charge in [-0.1, -0.05) is 25.7 Å². The highest BCUT2D eigenvalue weighted by Crippen LogP contribution is 2.24. The van der Waals surface area contributed by atoms with Gasteiger partial charge in [0.1, 0.15) is 0 Å². The molecule has 1 saturated carbocycles. The van der Waals surface area contributed by atoms with E-state index in [1.54, 1.807) is 0 Å². The van der Waals surface area contributed by atoms with Crippen molar-refractivity contribution < 1.29 is 0 Å². The third-order valence-electron chi connectivity index (χ3n) is 4.34. The van der Waals surface area contributed by atoms with Gasteiger partial charge in [0.15, 0.2) is 0 Å². The predicted molar refractivity (Wildman–Crippen MR) is 75.7 cm³/mol. The summed E-state index contributed by atoms with van der Waals surface area (Å²) in [5.41, 5.74) is 3.85. The first-order valence-corrected chi connectivity index (χ1v) is 7.35. The van der Waals surface area contributed by atoms with Crippen LogP contribution in [0.1, 0.15) is 68.4 Å². The zero-order valence-electron chi connectivity index (χ0n) is 12.3. The summed E-state index contributed by atoms with van der Waals surface area (Å²) in [6.45, 7) is 6.57. The molecular weight excluding hydrogens is 222 g/mol. The van der Waals surface area contributed by atoms with Crippen molar-refractivity contribution in [3.63, 3.8) is 0 Å². The molecule has 1 fully saturated rings. The van der Waals surface area contributed by atoms with Gasteiger partial charge in [-0.05, 0) is 33.6 Å². The molecule has 0 aliphatic heterocycles. The van der Waals surface area contributed by atoms with Gasteiger partial charge in [-0.25, -0.2) is 0 Å². The maximum atomic E-state index is 4.52. The van der Waals surface area contributed by atoms with Gasteiger partial charge >= 0.3 is 0 Å². The molecule has 1 aliphatic rings. The second-order valence-electron chi connectivity index (χ2n) is 5.78. The van der Waals surface area contributed by atoms with E-state index in [0.717, 1.165) is 0 Å². The van der Waals surface area contributed by atoms with Crippen LogP contribution in [0.4, 0.5) is 0 Å². The van der Waals surface area contributed by atoms with E-state index in [0.29, 0.717) is 12.1 Å². The Hall–Kier alpha value is -0.830. The first-order valence-electron chi connectivity index (χ1n) is 7.35. The van der Waals surface area contributed by atoms with E-state index in [1.165, 1.54) is 55.5 Å². The number of aromatic nitrogens is 2. The van der Waals surface area contributed by atoms with Crippen LogP contribution in [0.5, 0.6) is 0 Å². The van der Waals surface area contributed by atoms with Crippen molar-refractivity contribution in [2.75, 3.05) is 0 Å². The highest BCUT2D eigenvalue weighted by Gasteiger charge is 2.20. The molecule has 1 N–H and O–H groups in total. The fraction of sp³-hybridized carbons (Fsp3) is 0.800. The minimum Gasteiger partial charge on any atom is -0.307 e. The van der Waals surface area contributed by atoms with Crippen LogP contribution in [0.3, 0.4) is 0 Å². The summed E-state index contributed by atoms with van der Waals surface area (Å²) in [6, 6.07) is 1.11. The molecule has 0 aromatic carbocycles. The van der Waals surface area contributed by atoms with Gasteiger partial charge in [0.25, 0.3) is 0 Å². The zero-order valence-corrected chi connectivity index (χ0v) is 12.3. The van der Waals surface area contributed by atoms with Gasteiger partial charge in [0.2, 0.25) is 0 Å². The van der Waals surface area contributed by atoms with E-state index < -0.39 is 0 Å². The van der Waals surface area contributed by atoms with Gasteiger partial charge < -0.3 is 5.32 Å². The molecule has 3 nitrogen and oxygen atoms in total. The summed E-state index contributed by atoms with van der Waals surface area (Å²) in [5.74, 6) is 0. The average molecular weight is 249 g/mol. The van der Waals surface area contributed by atoms with Gasteiger partial charge in [-0.3, -0.25) is 4.68 Å². The van der Waals surface area contributed by atoms with E-state index in [1.807, 2.05) is 11.7 Å². The van der Waals surface area contributed by atoms with Crippen molar-refractivity contribution in [3.8, 4) is 0 Å². The van der Waals surface area contributed by atoms with Crippen molar-refractivity contribution >= 4 is 0 Å². The maximum absolute atomic E-state index is 4.52. The molecule has 0 radical (unpaired) electrons. The Balaban J connectivity index is 2.04.